The molecule has 62 valence electrons. The number of hydrogen-bond donors (Lipinski definition) is 2. The molecule has 5 heteroatoms. The van der Waals surface area contributed by atoms with Crippen LogP contribution in [0, 0.1) is 0 Å². The van der Waals surface area contributed by atoms with Gasteiger partial charge in [-0.05, 0) is 6.92 Å². The summed E-state index contributed by atoms with van der Waals surface area (Å²) in [6.45, 7) is 4.43. The molecule has 0 unspecified atom stereocenters. The van der Waals surface area contributed by atoms with Crippen molar-refractivity contribution < 1.29 is 19.8 Å². The Hall–Kier alpha value is -1.52. The molecule has 0 heterocycles. The summed E-state index contributed by atoms with van der Waals surface area (Å²) >= 11 is 0. The number of carboxylic acids is 1. The van der Waals surface area contributed by atoms with Crippen LogP contribution in [0.2, 0.25) is 0 Å². The van der Waals surface area contributed by atoms with E-state index in [9.17, 15) is 9.59 Å². The van der Waals surface area contributed by atoms with Crippen LogP contribution in [-0.2, 0) is 4.79 Å². The van der Waals surface area contributed by atoms with Crippen LogP contribution in [0.25, 0.3) is 0 Å². The largest absolute Gasteiger partial charge is 0.480 e. The van der Waals surface area contributed by atoms with Gasteiger partial charge in [0.25, 0.3) is 0 Å². The predicted molar refractivity (Wildman–Crippen MR) is 37.2 cm³/mol. The van der Waals surface area contributed by atoms with E-state index >= 15 is 0 Å². The Balaban J connectivity index is 4.37. The summed E-state index contributed by atoms with van der Waals surface area (Å²) < 4.78 is 0. The van der Waals surface area contributed by atoms with Gasteiger partial charge in [-0.2, -0.15) is 0 Å². The zero-order valence-corrected chi connectivity index (χ0v) is 6.02. The second kappa shape index (κ2) is 3.60. The lowest BCUT2D eigenvalue weighted by Gasteiger charge is -2.17. The van der Waals surface area contributed by atoms with E-state index in [0.717, 1.165) is 6.20 Å². The van der Waals surface area contributed by atoms with Crippen LogP contribution < -0.4 is 0 Å². The minimum Gasteiger partial charge on any atom is -0.480 e. The highest BCUT2D eigenvalue weighted by molar-refractivity contribution is 5.79. The van der Waals surface area contributed by atoms with Crippen LogP contribution >= 0.6 is 0 Å². The Morgan fingerprint density at radius 2 is 2.00 bits per heavy atom. The molecule has 2 N–H and O–H groups in total. The molecule has 0 aromatic rings. The highest BCUT2D eigenvalue weighted by atomic mass is 16.4. The molecule has 0 aromatic carbocycles. The first kappa shape index (κ1) is 9.48. The smallest absolute Gasteiger partial charge is 0.412 e. The van der Waals surface area contributed by atoms with E-state index < -0.39 is 18.1 Å². The van der Waals surface area contributed by atoms with Crippen molar-refractivity contribution in [3.05, 3.63) is 12.8 Å². The highest BCUT2D eigenvalue weighted by Gasteiger charge is 2.21. The predicted octanol–water partition coefficient (Wildman–Crippen LogP) is 0.583. The molecule has 0 aliphatic carbocycles. The van der Waals surface area contributed by atoms with E-state index in [0.29, 0.717) is 4.90 Å². The first-order chi connectivity index (χ1) is 5.00. The fourth-order valence-electron chi connectivity index (χ4n) is 0.521. The Labute approximate surface area is 63.5 Å². The Morgan fingerprint density at radius 3 is 2.09 bits per heavy atom. The van der Waals surface area contributed by atoms with E-state index in [1.165, 1.54) is 6.92 Å². The second-order valence-corrected chi connectivity index (χ2v) is 1.89. The van der Waals surface area contributed by atoms with E-state index in [1.807, 2.05) is 0 Å². The molecule has 0 rings (SSSR count). The molecule has 0 spiro atoms. The van der Waals surface area contributed by atoms with Gasteiger partial charge >= 0.3 is 12.1 Å². The van der Waals surface area contributed by atoms with Crippen molar-refractivity contribution >= 4 is 12.1 Å². The van der Waals surface area contributed by atoms with E-state index in [-0.39, 0.29) is 0 Å². The van der Waals surface area contributed by atoms with Crippen molar-refractivity contribution in [1.82, 2.24) is 4.90 Å². The molecular weight excluding hydrogens is 150 g/mol. The quantitative estimate of drug-likeness (QED) is 0.631. The summed E-state index contributed by atoms with van der Waals surface area (Å²) in [5, 5.41) is 16.8. The molecule has 5 nitrogen and oxygen atoms in total. The molecule has 1 atom stereocenters. The van der Waals surface area contributed by atoms with Gasteiger partial charge in [-0.1, -0.05) is 6.58 Å². The number of nitrogens with zero attached hydrogens (tertiary/aromatic N) is 1. The van der Waals surface area contributed by atoms with Gasteiger partial charge < -0.3 is 10.2 Å². The summed E-state index contributed by atoms with van der Waals surface area (Å²) in [6, 6.07) is -1.09. The first-order valence-electron chi connectivity index (χ1n) is 2.87. The third kappa shape index (κ3) is 2.29. The normalized spacial score (nSPS) is 11.7. The van der Waals surface area contributed by atoms with Gasteiger partial charge in [0.1, 0.15) is 6.04 Å². The van der Waals surface area contributed by atoms with Crippen molar-refractivity contribution in [2.45, 2.75) is 13.0 Å². The van der Waals surface area contributed by atoms with Crippen LogP contribution in [-0.4, -0.2) is 33.2 Å². The van der Waals surface area contributed by atoms with Gasteiger partial charge in [0.05, 0.1) is 0 Å². The average Bonchev–Trinajstić information content (AvgIpc) is 1.88. The van der Waals surface area contributed by atoms with Gasteiger partial charge in [-0.3, -0.25) is 4.90 Å². The van der Waals surface area contributed by atoms with Gasteiger partial charge in [-0.25, -0.2) is 9.59 Å². The molecule has 11 heavy (non-hydrogen) atoms. The van der Waals surface area contributed by atoms with Crippen LogP contribution in [0.1, 0.15) is 6.92 Å². The minimum atomic E-state index is -1.32. The maximum atomic E-state index is 10.3. The molecule has 0 radical (unpaired) electrons. The number of carbonyl (C=O) groups is 2. The fourth-order valence-corrected chi connectivity index (χ4v) is 0.521. The molecule has 0 fully saturated rings. The monoisotopic (exact) mass is 159 g/mol. The maximum Gasteiger partial charge on any atom is 0.412 e. The van der Waals surface area contributed by atoms with Crippen LogP contribution in [0.3, 0.4) is 0 Å². The number of rotatable bonds is 3. The molecular formula is C6H9NO4. The van der Waals surface area contributed by atoms with E-state index in [2.05, 4.69) is 6.58 Å². The van der Waals surface area contributed by atoms with Crippen LogP contribution in [0.5, 0.6) is 0 Å². The van der Waals surface area contributed by atoms with Gasteiger partial charge in [0.2, 0.25) is 0 Å². The molecule has 0 aliphatic heterocycles. The third-order valence-corrected chi connectivity index (χ3v) is 1.19. The lowest BCUT2D eigenvalue weighted by Crippen LogP contribution is -2.38. The molecule has 0 bridgehead atoms. The van der Waals surface area contributed by atoms with Gasteiger partial charge in [0, 0.05) is 6.20 Å². The summed E-state index contributed by atoms with van der Waals surface area (Å²) in [5.74, 6) is -1.20. The Kier molecular flexibility index (Phi) is 3.10. The van der Waals surface area contributed by atoms with Crippen LogP contribution in [0.4, 0.5) is 4.79 Å². The lowest BCUT2D eigenvalue weighted by molar-refractivity contribution is -0.141. The molecule has 0 saturated heterocycles. The second-order valence-electron chi connectivity index (χ2n) is 1.89. The standard InChI is InChI=1S/C6H9NO4/c1-3-7(6(10)11)4(2)5(8)9/h3-4H,1H2,2H3,(H,8,9)(H,10,11)/t4-/m0/s1. The zero-order chi connectivity index (χ0) is 9.02. The maximum absolute atomic E-state index is 10.3. The minimum absolute atomic E-state index is 0.613. The van der Waals surface area contributed by atoms with Crippen molar-refractivity contribution in [3.8, 4) is 0 Å². The number of hydrogen-bond acceptors (Lipinski definition) is 2. The Bertz CT molecular complexity index is 189. The number of amides is 1. The van der Waals surface area contributed by atoms with Crippen molar-refractivity contribution in [3.63, 3.8) is 0 Å². The molecule has 0 aliphatic rings. The lowest BCUT2D eigenvalue weighted by atomic mass is 10.3. The Morgan fingerprint density at radius 1 is 1.55 bits per heavy atom. The summed E-state index contributed by atoms with van der Waals surface area (Å²) in [6.07, 6.45) is -0.365. The van der Waals surface area contributed by atoms with Crippen LogP contribution in [0.15, 0.2) is 12.8 Å². The zero-order valence-electron chi connectivity index (χ0n) is 6.02. The molecule has 1 amide bonds. The topological polar surface area (TPSA) is 77.8 Å². The van der Waals surface area contributed by atoms with Crippen molar-refractivity contribution in [2.24, 2.45) is 0 Å². The summed E-state index contributed by atoms with van der Waals surface area (Å²) in [5.41, 5.74) is 0. The third-order valence-electron chi connectivity index (χ3n) is 1.19. The SMILES string of the molecule is C=CN(C(=O)O)[C@@H](C)C(=O)O. The average molecular weight is 159 g/mol. The fraction of sp³-hybridized carbons (Fsp3) is 0.333. The molecule has 0 aromatic heterocycles. The first-order valence-corrected chi connectivity index (χ1v) is 2.87. The highest BCUT2D eigenvalue weighted by Crippen LogP contribution is 1.99. The summed E-state index contributed by atoms with van der Waals surface area (Å²) in [7, 11) is 0. The summed E-state index contributed by atoms with van der Waals surface area (Å²) in [4.78, 5) is 21.1. The van der Waals surface area contributed by atoms with Gasteiger partial charge in [0.15, 0.2) is 0 Å². The van der Waals surface area contributed by atoms with E-state index in [4.69, 9.17) is 10.2 Å². The van der Waals surface area contributed by atoms with Crippen molar-refractivity contribution in [2.75, 3.05) is 0 Å². The number of carboxylic acid groups (broad SMARTS) is 2. The van der Waals surface area contributed by atoms with Gasteiger partial charge in [-0.15, -0.1) is 0 Å². The molecule has 0 saturated carbocycles. The number of aliphatic carboxylic acids is 1. The van der Waals surface area contributed by atoms with E-state index in [1.54, 1.807) is 0 Å². The van der Waals surface area contributed by atoms with Crippen molar-refractivity contribution in [1.29, 1.82) is 0 Å².